The zero-order chi connectivity index (χ0) is 10.1. The molecule has 0 heterocycles. The summed E-state index contributed by atoms with van der Waals surface area (Å²) in [5, 5.41) is 16.9. The van der Waals surface area contributed by atoms with Crippen LogP contribution in [-0.2, 0) is 4.74 Å². The van der Waals surface area contributed by atoms with Crippen molar-refractivity contribution in [2.24, 2.45) is 11.8 Å². The number of aliphatic hydroxyl groups is 2. The quantitative estimate of drug-likeness (QED) is 0.626. The maximum Gasteiger partial charge on any atom is 0.0755 e. The van der Waals surface area contributed by atoms with E-state index >= 15 is 0 Å². The van der Waals surface area contributed by atoms with Gasteiger partial charge in [0.05, 0.1) is 25.7 Å². The van der Waals surface area contributed by atoms with Crippen LogP contribution in [-0.4, -0.2) is 23.4 Å². The molecule has 2 N–H and O–H groups in total. The third-order valence-electron chi connectivity index (χ3n) is 1.59. The van der Waals surface area contributed by atoms with Crippen LogP contribution in [0.2, 0.25) is 0 Å². The van der Waals surface area contributed by atoms with E-state index in [1.165, 1.54) is 0 Å². The largest absolute Gasteiger partial charge is 0.516 e. The van der Waals surface area contributed by atoms with Gasteiger partial charge in [-0.3, -0.25) is 0 Å². The van der Waals surface area contributed by atoms with Crippen LogP contribution in [0.4, 0.5) is 0 Å². The lowest BCUT2D eigenvalue weighted by Gasteiger charge is -2.09. The van der Waals surface area contributed by atoms with Gasteiger partial charge in [-0.2, -0.15) is 0 Å². The highest BCUT2D eigenvalue weighted by Crippen LogP contribution is 2.01. The second kappa shape index (κ2) is 7.68. The van der Waals surface area contributed by atoms with Crippen molar-refractivity contribution in [1.82, 2.24) is 0 Å². The molecule has 0 aliphatic carbocycles. The molecule has 0 saturated carbocycles. The lowest BCUT2D eigenvalue weighted by molar-refractivity contribution is 0.100. The van der Waals surface area contributed by atoms with Crippen LogP contribution >= 0.6 is 0 Å². The SMILES string of the molecule is CC(C=CO)COCC(C)C=CO. The molecule has 0 aromatic carbocycles. The van der Waals surface area contributed by atoms with Crippen LogP contribution in [0.5, 0.6) is 0 Å². The molecule has 2 unspecified atom stereocenters. The predicted molar refractivity (Wildman–Crippen MR) is 52.7 cm³/mol. The van der Waals surface area contributed by atoms with Crippen molar-refractivity contribution >= 4 is 0 Å². The van der Waals surface area contributed by atoms with Crippen molar-refractivity contribution in [3.05, 3.63) is 24.7 Å². The van der Waals surface area contributed by atoms with Crippen molar-refractivity contribution in [3.8, 4) is 0 Å². The van der Waals surface area contributed by atoms with Crippen LogP contribution in [0.1, 0.15) is 13.8 Å². The van der Waals surface area contributed by atoms with Gasteiger partial charge < -0.3 is 14.9 Å². The Kier molecular flexibility index (Phi) is 7.11. The van der Waals surface area contributed by atoms with E-state index in [9.17, 15) is 0 Å². The number of rotatable bonds is 6. The molecule has 0 aliphatic heterocycles. The van der Waals surface area contributed by atoms with E-state index in [4.69, 9.17) is 14.9 Å². The average Bonchev–Trinajstić information content (AvgIpc) is 2.05. The van der Waals surface area contributed by atoms with E-state index < -0.39 is 0 Å². The normalized spacial score (nSPS) is 16.8. The van der Waals surface area contributed by atoms with Crippen molar-refractivity contribution < 1.29 is 14.9 Å². The molecule has 0 fully saturated rings. The molecule has 2 atom stereocenters. The van der Waals surface area contributed by atoms with Crippen LogP contribution < -0.4 is 0 Å². The Bertz CT molecular complexity index is 146. The van der Waals surface area contributed by atoms with Gasteiger partial charge in [0, 0.05) is 11.8 Å². The molecule has 0 spiro atoms. The number of hydrogen-bond donors (Lipinski definition) is 2. The summed E-state index contributed by atoms with van der Waals surface area (Å²) < 4.78 is 5.34. The maximum atomic E-state index is 8.45. The van der Waals surface area contributed by atoms with Crippen LogP contribution in [0.3, 0.4) is 0 Å². The van der Waals surface area contributed by atoms with Crippen molar-refractivity contribution in [2.45, 2.75) is 13.8 Å². The van der Waals surface area contributed by atoms with E-state index in [2.05, 4.69) is 0 Å². The number of ether oxygens (including phenoxy) is 1. The van der Waals surface area contributed by atoms with Gasteiger partial charge >= 0.3 is 0 Å². The highest BCUT2D eigenvalue weighted by atomic mass is 16.5. The van der Waals surface area contributed by atoms with Gasteiger partial charge in [-0.15, -0.1) is 0 Å². The highest BCUT2D eigenvalue weighted by Gasteiger charge is 2.00. The Balaban J connectivity index is 3.44. The molecular weight excluding hydrogens is 168 g/mol. The topological polar surface area (TPSA) is 49.7 Å². The molecule has 0 radical (unpaired) electrons. The summed E-state index contributed by atoms with van der Waals surface area (Å²) in [6, 6.07) is 0. The molecule has 0 aromatic rings. The molecule has 0 aliphatic rings. The molecule has 76 valence electrons. The predicted octanol–water partition coefficient (Wildman–Crippen LogP) is 2.42. The lowest BCUT2D eigenvalue weighted by Crippen LogP contribution is -2.08. The monoisotopic (exact) mass is 186 g/mol. The molecule has 3 heteroatoms. The zero-order valence-electron chi connectivity index (χ0n) is 8.18. The summed E-state index contributed by atoms with van der Waals surface area (Å²) in [6.07, 6.45) is 5.41. The molecule has 0 rings (SSSR count). The second-order valence-electron chi connectivity index (χ2n) is 3.18. The summed E-state index contributed by atoms with van der Waals surface area (Å²) in [5.41, 5.74) is 0. The molecule has 3 nitrogen and oxygen atoms in total. The average molecular weight is 186 g/mol. The highest BCUT2D eigenvalue weighted by molar-refractivity contribution is 4.80. The standard InChI is InChI=1S/C10H18O3/c1-9(3-5-11)7-13-8-10(2)4-6-12/h3-6,9-12H,7-8H2,1-2H3. The molecule has 0 bridgehead atoms. The summed E-state index contributed by atoms with van der Waals surface area (Å²) in [7, 11) is 0. The van der Waals surface area contributed by atoms with Crippen LogP contribution in [0, 0.1) is 11.8 Å². The Morgan fingerprint density at radius 1 is 1.00 bits per heavy atom. The Hall–Kier alpha value is -0.960. The zero-order valence-corrected chi connectivity index (χ0v) is 8.18. The van der Waals surface area contributed by atoms with E-state index in [1.807, 2.05) is 13.8 Å². The number of hydrogen-bond acceptors (Lipinski definition) is 3. The van der Waals surface area contributed by atoms with Gasteiger partial charge in [-0.05, 0) is 12.2 Å². The van der Waals surface area contributed by atoms with E-state index in [0.717, 1.165) is 12.5 Å². The molecule has 13 heavy (non-hydrogen) atoms. The molecule has 0 amide bonds. The van der Waals surface area contributed by atoms with Crippen LogP contribution in [0.15, 0.2) is 24.7 Å². The summed E-state index contributed by atoms with van der Waals surface area (Å²) in [4.78, 5) is 0. The van der Waals surface area contributed by atoms with Gasteiger partial charge in [-0.25, -0.2) is 0 Å². The fourth-order valence-corrected chi connectivity index (χ4v) is 0.845. The fraction of sp³-hybridized carbons (Fsp3) is 0.600. The summed E-state index contributed by atoms with van der Waals surface area (Å²) in [6.45, 7) is 5.08. The van der Waals surface area contributed by atoms with Gasteiger partial charge in [0.1, 0.15) is 0 Å². The third-order valence-corrected chi connectivity index (χ3v) is 1.59. The molecule has 0 saturated heterocycles. The van der Waals surface area contributed by atoms with Crippen molar-refractivity contribution in [2.75, 3.05) is 13.2 Å². The van der Waals surface area contributed by atoms with Crippen molar-refractivity contribution in [1.29, 1.82) is 0 Å². The number of aliphatic hydroxyl groups excluding tert-OH is 2. The minimum atomic E-state index is 0.218. The maximum absolute atomic E-state index is 8.45. The summed E-state index contributed by atoms with van der Waals surface area (Å²) >= 11 is 0. The van der Waals surface area contributed by atoms with Crippen LogP contribution in [0.25, 0.3) is 0 Å². The smallest absolute Gasteiger partial charge is 0.0755 e. The minimum Gasteiger partial charge on any atom is -0.516 e. The fourth-order valence-electron chi connectivity index (χ4n) is 0.845. The van der Waals surface area contributed by atoms with Gasteiger partial charge in [-0.1, -0.05) is 13.8 Å². The van der Waals surface area contributed by atoms with Gasteiger partial charge in [0.2, 0.25) is 0 Å². The van der Waals surface area contributed by atoms with Gasteiger partial charge in [0.25, 0.3) is 0 Å². The Labute approximate surface area is 79.3 Å². The first-order chi connectivity index (χ1) is 6.20. The third kappa shape index (κ3) is 7.40. The Morgan fingerprint density at radius 2 is 1.38 bits per heavy atom. The first-order valence-corrected chi connectivity index (χ1v) is 4.40. The molecular formula is C10H18O3. The summed E-state index contributed by atoms with van der Waals surface area (Å²) in [5.74, 6) is 0.436. The first-order valence-electron chi connectivity index (χ1n) is 4.40. The van der Waals surface area contributed by atoms with Crippen molar-refractivity contribution in [3.63, 3.8) is 0 Å². The minimum absolute atomic E-state index is 0.218. The van der Waals surface area contributed by atoms with E-state index in [-0.39, 0.29) is 11.8 Å². The lowest BCUT2D eigenvalue weighted by atomic mass is 10.2. The molecule has 0 aromatic heterocycles. The van der Waals surface area contributed by atoms with Gasteiger partial charge in [0.15, 0.2) is 0 Å². The van der Waals surface area contributed by atoms with E-state index in [1.54, 1.807) is 12.2 Å². The second-order valence-corrected chi connectivity index (χ2v) is 3.18. The first kappa shape index (κ1) is 12.0. The van der Waals surface area contributed by atoms with E-state index in [0.29, 0.717) is 13.2 Å². The Morgan fingerprint density at radius 3 is 1.69 bits per heavy atom.